The molecule has 1 aromatic rings. The zero-order valence-corrected chi connectivity index (χ0v) is 11.3. The van der Waals surface area contributed by atoms with E-state index in [1.54, 1.807) is 0 Å². The highest BCUT2D eigenvalue weighted by molar-refractivity contribution is 7.11. The van der Waals surface area contributed by atoms with Crippen LogP contribution in [0.2, 0.25) is 0 Å². The number of thiazole rings is 1. The molecule has 0 aliphatic rings. The molecule has 0 saturated heterocycles. The maximum absolute atomic E-state index is 4.73. The summed E-state index contributed by atoms with van der Waals surface area (Å²) in [5, 5.41) is 4.64. The van der Waals surface area contributed by atoms with E-state index < -0.39 is 0 Å². The molecule has 86 valence electrons. The molecule has 1 N–H and O–H groups in total. The molecule has 0 bridgehead atoms. The van der Waals surface area contributed by atoms with Gasteiger partial charge in [0.15, 0.2) is 0 Å². The van der Waals surface area contributed by atoms with Crippen molar-refractivity contribution >= 4 is 11.3 Å². The van der Waals surface area contributed by atoms with E-state index in [1.165, 1.54) is 15.6 Å². The zero-order valence-electron chi connectivity index (χ0n) is 10.5. The number of nitrogens with zero attached hydrogens (tertiary/aromatic N) is 1. The first-order chi connectivity index (χ1) is 6.99. The molecule has 3 heteroatoms. The summed E-state index contributed by atoms with van der Waals surface area (Å²) in [7, 11) is 0. The second-order valence-electron chi connectivity index (χ2n) is 4.76. The highest BCUT2D eigenvalue weighted by Gasteiger charge is 2.22. The third-order valence-corrected chi connectivity index (χ3v) is 3.49. The van der Waals surface area contributed by atoms with Gasteiger partial charge < -0.3 is 5.32 Å². The van der Waals surface area contributed by atoms with Crippen LogP contribution in [0.15, 0.2) is 0 Å². The van der Waals surface area contributed by atoms with Crippen LogP contribution in [0.1, 0.15) is 50.2 Å². The smallest absolute Gasteiger partial charge is 0.0929 e. The van der Waals surface area contributed by atoms with E-state index in [-0.39, 0.29) is 5.41 Å². The first-order valence-electron chi connectivity index (χ1n) is 5.68. The maximum Gasteiger partial charge on any atom is 0.0929 e. The van der Waals surface area contributed by atoms with Gasteiger partial charge >= 0.3 is 0 Å². The molecule has 0 unspecified atom stereocenters. The van der Waals surface area contributed by atoms with E-state index in [9.17, 15) is 0 Å². The summed E-state index contributed by atoms with van der Waals surface area (Å²) in [4.78, 5) is 6.14. The van der Waals surface area contributed by atoms with Gasteiger partial charge in [0.1, 0.15) is 0 Å². The topological polar surface area (TPSA) is 24.9 Å². The SMILES string of the molecule is CCNCc1sc(CC)nc1C(C)(C)C. The van der Waals surface area contributed by atoms with Gasteiger partial charge in [-0.05, 0) is 13.0 Å². The molecule has 0 aromatic carbocycles. The molecular weight excluding hydrogens is 204 g/mol. The summed E-state index contributed by atoms with van der Waals surface area (Å²) < 4.78 is 0. The number of rotatable bonds is 4. The van der Waals surface area contributed by atoms with Gasteiger partial charge in [0.2, 0.25) is 0 Å². The predicted octanol–water partition coefficient (Wildman–Crippen LogP) is 3.11. The quantitative estimate of drug-likeness (QED) is 0.853. The van der Waals surface area contributed by atoms with Crippen molar-refractivity contribution < 1.29 is 0 Å². The van der Waals surface area contributed by atoms with Crippen molar-refractivity contribution in [1.29, 1.82) is 0 Å². The van der Waals surface area contributed by atoms with Gasteiger partial charge in [0, 0.05) is 16.8 Å². The molecule has 0 aliphatic carbocycles. The Kier molecular flexibility index (Phi) is 4.29. The third kappa shape index (κ3) is 3.28. The molecule has 0 aliphatic heterocycles. The van der Waals surface area contributed by atoms with Gasteiger partial charge in [-0.3, -0.25) is 0 Å². The molecule has 0 fully saturated rings. The van der Waals surface area contributed by atoms with Crippen LogP contribution in [0.3, 0.4) is 0 Å². The fourth-order valence-electron chi connectivity index (χ4n) is 1.50. The van der Waals surface area contributed by atoms with E-state index in [0.29, 0.717) is 0 Å². The third-order valence-electron chi connectivity index (χ3n) is 2.29. The van der Waals surface area contributed by atoms with Crippen molar-refractivity contribution in [2.75, 3.05) is 6.54 Å². The molecule has 15 heavy (non-hydrogen) atoms. The number of hydrogen-bond donors (Lipinski definition) is 1. The van der Waals surface area contributed by atoms with E-state index in [0.717, 1.165) is 19.5 Å². The van der Waals surface area contributed by atoms with Gasteiger partial charge in [-0.1, -0.05) is 34.6 Å². The molecule has 0 radical (unpaired) electrons. The lowest BCUT2D eigenvalue weighted by molar-refractivity contribution is 0.559. The summed E-state index contributed by atoms with van der Waals surface area (Å²) in [5.41, 5.74) is 1.43. The Hall–Kier alpha value is -0.410. The molecule has 0 saturated carbocycles. The van der Waals surface area contributed by atoms with Gasteiger partial charge in [-0.2, -0.15) is 0 Å². The van der Waals surface area contributed by atoms with Crippen LogP contribution in [0.25, 0.3) is 0 Å². The normalized spacial score (nSPS) is 12.1. The second kappa shape index (κ2) is 5.08. The Morgan fingerprint density at radius 1 is 1.27 bits per heavy atom. The lowest BCUT2D eigenvalue weighted by atomic mass is 9.91. The van der Waals surface area contributed by atoms with Gasteiger partial charge in [-0.25, -0.2) is 4.98 Å². The van der Waals surface area contributed by atoms with Crippen LogP contribution >= 0.6 is 11.3 Å². The molecule has 1 heterocycles. The van der Waals surface area contributed by atoms with Crippen LogP contribution in [-0.4, -0.2) is 11.5 Å². The number of aromatic nitrogens is 1. The molecule has 1 aromatic heterocycles. The second-order valence-corrected chi connectivity index (χ2v) is 5.93. The molecule has 1 rings (SSSR count). The standard InChI is InChI=1S/C12H22N2S/c1-6-10-14-11(12(3,4)5)9(15-10)8-13-7-2/h13H,6-8H2,1-5H3. The van der Waals surface area contributed by atoms with Gasteiger partial charge in [0.05, 0.1) is 10.7 Å². The Balaban J connectivity index is 2.95. The van der Waals surface area contributed by atoms with Gasteiger partial charge in [0.25, 0.3) is 0 Å². The van der Waals surface area contributed by atoms with Crippen molar-refractivity contribution in [1.82, 2.24) is 10.3 Å². The van der Waals surface area contributed by atoms with E-state index >= 15 is 0 Å². The van der Waals surface area contributed by atoms with Crippen LogP contribution < -0.4 is 5.32 Å². The molecular formula is C12H22N2S. The summed E-state index contributed by atoms with van der Waals surface area (Å²) in [6.45, 7) is 13.0. The fraction of sp³-hybridized carbons (Fsp3) is 0.750. The zero-order chi connectivity index (χ0) is 11.5. The van der Waals surface area contributed by atoms with Crippen LogP contribution in [0.4, 0.5) is 0 Å². The van der Waals surface area contributed by atoms with Crippen molar-refractivity contribution in [3.63, 3.8) is 0 Å². The minimum absolute atomic E-state index is 0.161. The number of hydrogen-bond acceptors (Lipinski definition) is 3. The van der Waals surface area contributed by atoms with Crippen LogP contribution in [0.5, 0.6) is 0 Å². The number of aryl methyl sites for hydroxylation is 1. The average molecular weight is 226 g/mol. The molecule has 0 atom stereocenters. The van der Waals surface area contributed by atoms with Crippen LogP contribution in [-0.2, 0) is 18.4 Å². The predicted molar refractivity (Wildman–Crippen MR) is 67.6 cm³/mol. The van der Waals surface area contributed by atoms with Crippen molar-refractivity contribution in [3.05, 3.63) is 15.6 Å². The maximum atomic E-state index is 4.73. The van der Waals surface area contributed by atoms with Crippen molar-refractivity contribution in [2.24, 2.45) is 0 Å². The first kappa shape index (κ1) is 12.7. The Bertz CT molecular complexity index is 310. The Morgan fingerprint density at radius 2 is 1.93 bits per heavy atom. The highest BCUT2D eigenvalue weighted by atomic mass is 32.1. The van der Waals surface area contributed by atoms with E-state index in [2.05, 4.69) is 39.9 Å². The van der Waals surface area contributed by atoms with Crippen molar-refractivity contribution in [3.8, 4) is 0 Å². The minimum atomic E-state index is 0.161. The summed E-state index contributed by atoms with van der Waals surface area (Å²) >= 11 is 1.85. The summed E-state index contributed by atoms with van der Waals surface area (Å²) in [6, 6.07) is 0. The van der Waals surface area contributed by atoms with Crippen LogP contribution in [0, 0.1) is 0 Å². The lowest BCUT2D eigenvalue weighted by Crippen LogP contribution is -2.18. The fourth-order valence-corrected chi connectivity index (χ4v) is 2.68. The highest BCUT2D eigenvalue weighted by Crippen LogP contribution is 2.29. The molecule has 2 nitrogen and oxygen atoms in total. The summed E-state index contributed by atoms with van der Waals surface area (Å²) in [5.74, 6) is 0. The monoisotopic (exact) mass is 226 g/mol. The minimum Gasteiger partial charge on any atom is -0.312 e. The van der Waals surface area contributed by atoms with Gasteiger partial charge in [-0.15, -0.1) is 11.3 Å². The summed E-state index contributed by atoms with van der Waals surface area (Å²) in [6.07, 6.45) is 1.04. The first-order valence-corrected chi connectivity index (χ1v) is 6.50. The molecule has 0 spiro atoms. The van der Waals surface area contributed by atoms with E-state index in [4.69, 9.17) is 4.98 Å². The van der Waals surface area contributed by atoms with E-state index in [1.807, 2.05) is 11.3 Å². The lowest BCUT2D eigenvalue weighted by Gasteiger charge is -2.17. The molecule has 0 amide bonds. The Labute approximate surface area is 97.1 Å². The van der Waals surface area contributed by atoms with Crippen molar-refractivity contribution in [2.45, 2.75) is 53.0 Å². The number of nitrogens with one attached hydrogen (secondary N) is 1. The average Bonchev–Trinajstić information content (AvgIpc) is 2.57. The Morgan fingerprint density at radius 3 is 2.40 bits per heavy atom. The largest absolute Gasteiger partial charge is 0.312 e.